The van der Waals surface area contributed by atoms with Crippen molar-refractivity contribution in [1.82, 2.24) is 15.0 Å². The standard InChI is InChI=1S/C23H17N3O/c27-23-19-12-16(15-6-2-1-3-7-15)10-11-21(19)25-22(26-23)13-17-14-24-20-9-5-4-8-18(17)20/h1-12,14,24H,13H2,(H,25,26,27). The lowest BCUT2D eigenvalue weighted by Crippen LogP contribution is -2.12. The van der Waals surface area contributed by atoms with Crippen LogP contribution in [-0.2, 0) is 6.42 Å². The molecule has 0 radical (unpaired) electrons. The molecule has 0 spiro atoms. The van der Waals surface area contributed by atoms with Crippen LogP contribution in [0.25, 0.3) is 32.9 Å². The molecular weight excluding hydrogens is 334 g/mol. The Morgan fingerprint density at radius 3 is 2.52 bits per heavy atom. The van der Waals surface area contributed by atoms with E-state index in [1.165, 1.54) is 0 Å². The zero-order valence-electron chi connectivity index (χ0n) is 14.6. The van der Waals surface area contributed by atoms with Crippen LogP contribution in [0.4, 0.5) is 0 Å². The molecule has 0 aliphatic rings. The van der Waals surface area contributed by atoms with Crippen LogP contribution in [0.2, 0.25) is 0 Å². The maximum absolute atomic E-state index is 12.7. The molecule has 3 aromatic carbocycles. The van der Waals surface area contributed by atoms with E-state index in [4.69, 9.17) is 0 Å². The van der Waals surface area contributed by atoms with Gasteiger partial charge in [0.05, 0.1) is 10.9 Å². The van der Waals surface area contributed by atoms with Crippen LogP contribution in [-0.4, -0.2) is 15.0 Å². The molecule has 0 amide bonds. The number of aromatic nitrogens is 3. The molecule has 2 N–H and O–H groups in total. The number of H-pyrrole nitrogens is 2. The van der Waals surface area contributed by atoms with Crippen LogP contribution in [0, 0.1) is 0 Å². The molecule has 27 heavy (non-hydrogen) atoms. The minimum absolute atomic E-state index is 0.104. The van der Waals surface area contributed by atoms with Crippen molar-refractivity contribution in [1.29, 1.82) is 0 Å². The van der Waals surface area contributed by atoms with Crippen LogP contribution in [0.1, 0.15) is 11.4 Å². The summed E-state index contributed by atoms with van der Waals surface area (Å²) in [6.45, 7) is 0. The highest BCUT2D eigenvalue weighted by Gasteiger charge is 2.09. The summed E-state index contributed by atoms with van der Waals surface area (Å²) in [6.07, 6.45) is 2.56. The summed E-state index contributed by atoms with van der Waals surface area (Å²) in [5, 5.41) is 1.76. The number of nitrogens with zero attached hydrogens (tertiary/aromatic N) is 1. The summed E-state index contributed by atoms with van der Waals surface area (Å²) < 4.78 is 0. The van der Waals surface area contributed by atoms with Crippen molar-refractivity contribution in [2.45, 2.75) is 6.42 Å². The van der Waals surface area contributed by atoms with E-state index in [0.717, 1.165) is 27.6 Å². The molecular formula is C23H17N3O. The molecule has 0 aliphatic carbocycles. The lowest BCUT2D eigenvalue weighted by molar-refractivity contribution is 0.978. The maximum atomic E-state index is 12.7. The Balaban J connectivity index is 1.56. The molecule has 0 saturated carbocycles. The quantitative estimate of drug-likeness (QED) is 0.496. The SMILES string of the molecule is O=c1[nH]c(Cc2c[nH]c3ccccc23)nc2ccc(-c3ccccc3)cc12. The molecule has 5 rings (SSSR count). The summed E-state index contributed by atoms with van der Waals surface area (Å²) in [4.78, 5) is 23.6. The topological polar surface area (TPSA) is 61.5 Å². The normalized spacial score (nSPS) is 11.3. The van der Waals surface area contributed by atoms with Crippen LogP contribution in [0.15, 0.2) is 83.8 Å². The number of hydrogen-bond acceptors (Lipinski definition) is 2. The van der Waals surface area contributed by atoms with Gasteiger partial charge in [-0.15, -0.1) is 0 Å². The molecule has 2 aromatic heterocycles. The van der Waals surface area contributed by atoms with Gasteiger partial charge in [0.1, 0.15) is 5.82 Å². The predicted octanol–water partition coefficient (Wildman–Crippen LogP) is 4.66. The van der Waals surface area contributed by atoms with Gasteiger partial charge in [-0.2, -0.15) is 0 Å². The molecule has 0 bridgehead atoms. The van der Waals surface area contributed by atoms with E-state index in [2.05, 4.69) is 21.0 Å². The van der Waals surface area contributed by atoms with Crippen molar-refractivity contribution in [3.05, 3.63) is 101 Å². The Kier molecular flexibility index (Phi) is 3.61. The van der Waals surface area contributed by atoms with Crippen LogP contribution >= 0.6 is 0 Å². The van der Waals surface area contributed by atoms with E-state index >= 15 is 0 Å². The molecule has 5 aromatic rings. The summed E-state index contributed by atoms with van der Waals surface area (Å²) in [7, 11) is 0. The van der Waals surface area contributed by atoms with Gasteiger partial charge in [0.2, 0.25) is 0 Å². The van der Waals surface area contributed by atoms with Crippen molar-refractivity contribution in [3.8, 4) is 11.1 Å². The van der Waals surface area contributed by atoms with Crippen molar-refractivity contribution < 1.29 is 0 Å². The summed E-state index contributed by atoms with van der Waals surface area (Å²) in [5.74, 6) is 0.671. The van der Waals surface area contributed by atoms with Crippen molar-refractivity contribution in [2.75, 3.05) is 0 Å². The number of benzene rings is 3. The van der Waals surface area contributed by atoms with Crippen molar-refractivity contribution in [3.63, 3.8) is 0 Å². The third-order valence-electron chi connectivity index (χ3n) is 4.89. The van der Waals surface area contributed by atoms with Crippen LogP contribution in [0.5, 0.6) is 0 Å². The molecule has 0 unspecified atom stereocenters. The molecule has 0 aliphatic heterocycles. The maximum Gasteiger partial charge on any atom is 0.258 e. The van der Waals surface area contributed by atoms with E-state index in [9.17, 15) is 4.79 Å². The Labute approximate surface area is 155 Å². The number of nitrogens with one attached hydrogen (secondary N) is 2. The number of para-hydroxylation sites is 1. The summed E-state index contributed by atoms with van der Waals surface area (Å²) in [6, 6.07) is 24.0. The van der Waals surface area contributed by atoms with E-state index in [1.807, 2.05) is 72.9 Å². The van der Waals surface area contributed by atoms with Gasteiger partial charge in [-0.1, -0.05) is 54.6 Å². The highest BCUT2D eigenvalue weighted by Crippen LogP contribution is 2.23. The third kappa shape index (κ3) is 2.81. The fourth-order valence-corrected chi connectivity index (χ4v) is 3.54. The van der Waals surface area contributed by atoms with Gasteiger partial charge < -0.3 is 9.97 Å². The first-order valence-electron chi connectivity index (χ1n) is 8.91. The Morgan fingerprint density at radius 2 is 1.63 bits per heavy atom. The van der Waals surface area contributed by atoms with Gasteiger partial charge in [-0.05, 0) is 34.9 Å². The third-order valence-corrected chi connectivity index (χ3v) is 4.89. The van der Waals surface area contributed by atoms with Gasteiger partial charge in [0, 0.05) is 23.5 Å². The lowest BCUT2D eigenvalue weighted by Gasteiger charge is -2.06. The number of aromatic amines is 2. The second-order valence-corrected chi connectivity index (χ2v) is 6.65. The summed E-state index contributed by atoms with van der Waals surface area (Å²) in [5.41, 5.74) is 4.92. The van der Waals surface area contributed by atoms with Crippen LogP contribution in [0.3, 0.4) is 0 Å². The monoisotopic (exact) mass is 351 g/mol. The van der Waals surface area contributed by atoms with E-state index in [1.54, 1.807) is 0 Å². The fourth-order valence-electron chi connectivity index (χ4n) is 3.54. The first-order chi connectivity index (χ1) is 13.3. The number of rotatable bonds is 3. The van der Waals surface area contributed by atoms with E-state index < -0.39 is 0 Å². The molecule has 2 heterocycles. The van der Waals surface area contributed by atoms with Gasteiger partial charge in [0.15, 0.2) is 0 Å². The Bertz CT molecular complexity index is 1320. The zero-order valence-corrected chi connectivity index (χ0v) is 14.6. The number of hydrogen-bond donors (Lipinski definition) is 2. The number of fused-ring (bicyclic) bond motifs is 2. The van der Waals surface area contributed by atoms with Crippen LogP contribution < -0.4 is 5.56 Å². The van der Waals surface area contributed by atoms with Gasteiger partial charge in [0.25, 0.3) is 5.56 Å². The van der Waals surface area contributed by atoms with Gasteiger partial charge in [-0.25, -0.2) is 4.98 Å². The smallest absolute Gasteiger partial charge is 0.258 e. The molecule has 4 nitrogen and oxygen atoms in total. The minimum Gasteiger partial charge on any atom is -0.361 e. The second kappa shape index (κ2) is 6.25. The van der Waals surface area contributed by atoms with Gasteiger partial charge >= 0.3 is 0 Å². The lowest BCUT2D eigenvalue weighted by atomic mass is 10.0. The average molecular weight is 351 g/mol. The largest absolute Gasteiger partial charge is 0.361 e. The predicted molar refractivity (Wildman–Crippen MR) is 109 cm³/mol. The minimum atomic E-state index is -0.104. The second-order valence-electron chi connectivity index (χ2n) is 6.65. The highest BCUT2D eigenvalue weighted by molar-refractivity contribution is 5.85. The first kappa shape index (κ1) is 15.6. The first-order valence-corrected chi connectivity index (χ1v) is 8.91. The highest BCUT2D eigenvalue weighted by atomic mass is 16.1. The molecule has 4 heteroatoms. The average Bonchev–Trinajstić information content (AvgIpc) is 3.11. The fraction of sp³-hybridized carbons (Fsp3) is 0.0435. The molecule has 0 saturated heterocycles. The molecule has 0 fully saturated rings. The van der Waals surface area contributed by atoms with Crippen molar-refractivity contribution in [2.24, 2.45) is 0 Å². The van der Waals surface area contributed by atoms with E-state index in [-0.39, 0.29) is 5.56 Å². The Hall–Kier alpha value is -3.66. The zero-order chi connectivity index (χ0) is 18.2. The summed E-state index contributed by atoms with van der Waals surface area (Å²) >= 11 is 0. The molecule has 130 valence electrons. The van der Waals surface area contributed by atoms with Gasteiger partial charge in [-0.3, -0.25) is 4.79 Å². The Morgan fingerprint density at radius 1 is 0.815 bits per heavy atom. The van der Waals surface area contributed by atoms with E-state index in [0.29, 0.717) is 23.1 Å². The molecule has 0 atom stereocenters. The van der Waals surface area contributed by atoms with Crippen molar-refractivity contribution >= 4 is 21.8 Å².